The second-order valence-electron chi connectivity index (χ2n) is 5.27. The summed E-state index contributed by atoms with van der Waals surface area (Å²) < 4.78 is 1.86. The monoisotopic (exact) mass is 259 g/mol. The van der Waals surface area contributed by atoms with Gasteiger partial charge in [0, 0.05) is 29.8 Å². The molecule has 1 N–H and O–H groups in total. The third kappa shape index (κ3) is 2.20. The van der Waals surface area contributed by atoms with Gasteiger partial charge in [-0.1, -0.05) is 0 Å². The van der Waals surface area contributed by atoms with Crippen LogP contribution in [0.1, 0.15) is 47.8 Å². The second kappa shape index (κ2) is 4.33. The highest BCUT2D eigenvalue weighted by molar-refractivity contribution is 5.67. The van der Waals surface area contributed by atoms with Crippen molar-refractivity contribution in [3.63, 3.8) is 0 Å². The largest absolute Gasteiger partial charge is 0.481 e. The van der Waals surface area contributed by atoms with Gasteiger partial charge in [0.05, 0.1) is 5.69 Å². The highest BCUT2D eigenvalue weighted by Crippen LogP contribution is 2.39. The van der Waals surface area contributed by atoms with Crippen molar-refractivity contribution in [2.75, 3.05) is 0 Å². The molecule has 5 heteroatoms. The number of carbonyl (C=O) groups is 1. The third-order valence-corrected chi connectivity index (χ3v) is 3.77. The van der Waals surface area contributed by atoms with Gasteiger partial charge in [-0.3, -0.25) is 4.79 Å². The van der Waals surface area contributed by atoms with E-state index in [2.05, 4.69) is 16.1 Å². The zero-order valence-corrected chi connectivity index (χ0v) is 11.2. The number of nitrogens with zero attached hydrogens (tertiary/aromatic N) is 3. The fourth-order valence-electron chi connectivity index (χ4n) is 2.52. The van der Waals surface area contributed by atoms with Gasteiger partial charge in [-0.25, -0.2) is 9.50 Å². The summed E-state index contributed by atoms with van der Waals surface area (Å²) in [5, 5.41) is 13.4. The predicted octanol–water partition coefficient (Wildman–Crippen LogP) is 2.24. The first kappa shape index (κ1) is 12.1. The molecule has 0 amide bonds. The van der Waals surface area contributed by atoms with Crippen LogP contribution in [0.4, 0.5) is 0 Å². The summed E-state index contributed by atoms with van der Waals surface area (Å²) in [4.78, 5) is 15.3. The number of hydrogen-bond acceptors (Lipinski definition) is 3. The molecule has 1 fully saturated rings. The normalized spacial score (nSPS) is 15.1. The minimum absolute atomic E-state index is 0.131. The Labute approximate surface area is 111 Å². The van der Waals surface area contributed by atoms with Crippen molar-refractivity contribution < 1.29 is 9.90 Å². The first-order valence-corrected chi connectivity index (χ1v) is 6.64. The number of carboxylic acids is 1. The molecule has 0 aromatic carbocycles. The third-order valence-electron chi connectivity index (χ3n) is 3.77. The maximum Gasteiger partial charge on any atom is 0.303 e. The van der Waals surface area contributed by atoms with E-state index >= 15 is 0 Å². The van der Waals surface area contributed by atoms with Gasteiger partial charge in [0.2, 0.25) is 0 Å². The van der Waals surface area contributed by atoms with Gasteiger partial charge in [-0.15, -0.1) is 0 Å². The highest BCUT2D eigenvalue weighted by atomic mass is 16.4. The molecule has 100 valence electrons. The van der Waals surface area contributed by atoms with Gasteiger partial charge < -0.3 is 5.11 Å². The molecular formula is C14H17N3O2. The Hall–Kier alpha value is -1.91. The van der Waals surface area contributed by atoms with Gasteiger partial charge in [-0.2, -0.15) is 5.10 Å². The number of rotatable bonds is 4. The number of aryl methyl sites for hydroxylation is 2. The summed E-state index contributed by atoms with van der Waals surface area (Å²) in [5.74, 6) is -0.179. The van der Waals surface area contributed by atoms with Gasteiger partial charge in [0.15, 0.2) is 5.65 Å². The lowest BCUT2D eigenvalue weighted by atomic mass is 10.1. The van der Waals surface area contributed by atoms with Crippen molar-refractivity contribution >= 4 is 11.6 Å². The number of carboxylic acid groups (broad SMARTS) is 1. The minimum atomic E-state index is -0.780. The molecule has 0 saturated heterocycles. The van der Waals surface area contributed by atoms with Crippen LogP contribution in [-0.4, -0.2) is 25.7 Å². The molecule has 0 bridgehead atoms. The lowest BCUT2D eigenvalue weighted by Gasteiger charge is -2.09. The number of hydrogen-bond donors (Lipinski definition) is 1. The van der Waals surface area contributed by atoms with Crippen molar-refractivity contribution in [2.24, 2.45) is 0 Å². The number of fused-ring (bicyclic) bond motifs is 1. The molecule has 2 aromatic heterocycles. The summed E-state index contributed by atoms with van der Waals surface area (Å²) in [7, 11) is 0. The molecule has 1 aliphatic rings. The maximum atomic E-state index is 10.7. The predicted molar refractivity (Wildman–Crippen MR) is 70.4 cm³/mol. The molecular weight excluding hydrogens is 242 g/mol. The highest BCUT2D eigenvalue weighted by Gasteiger charge is 2.27. The molecule has 1 saturated carbocycles. The van der Waals surface area contributed by atoms with Crippen molar-refractivity contribution in [3.8, 4) is 0 Å². The molecule has 3 rings (SSSR count). The summed E-state index contributed by atoms with van der Waals surface area (Å²) in [5.41, 5.74) is 4.91. The Balaban J connectivity index is 2.04. The van der Waals surface area contributed by atoms with E-state index in [4.69, 9.17) is 5.11 Å². The Morgan fingerprint density at radius 3 is 2.84 bits per heavy atom. The molecule has 5 nitrogen and oxygen atoms in total. The van der Waals surface area contributed by atoms with E-state index in [1.165, 1.54) is 12.8 Å². The lowest BCUT2D eigenvalue weighted by Crippen LogP contribution is -2.07. The zero-order chi connectivity index (χ0) is 13.6. The van der Waals surface area contributed by atoms with Gasteiger partial charge in [0.25, 0.3) is 0 Å². The molecule has 0 atom stereocenters. The smallest absolute Gasteiger partial charge is 0.303 e. The van der Waals surface area contributed by atoms with E-state index in [9.17, 15) is 4.79 Å². The number of aliphatic carboxylic acids is 1. The molecule has 0 aliphatic heterocycles. The SMILES string of the molecule is Cc1nc2cc(C3CC3)nn2c(C)c1CCC(=O)O. The topological polar surface area (TPSA) is 67.5 Å². The van der Waals surface area contributed by atoms with Crippen LogP contribution in [0, 0.1) is 13.8 Å². The van der Waals surface area contributed by atoms with Crippen LogP contribution in [0.25, 0.3) is 5.65 Å². The average Bonchev–Trinajstić information content (AvgIpc) is 3.10. The number of aromatic nitrogens is 3. The molecule has 0 spiro atoms. The van der Waals surface area contributed by atoms with Crippen LogP contribution in [-0.2, 0) is 11.2 Å². The van der Waals surface area contributed by atoms with Gasteiger partial charge in [-0.05, 0) is 38.7 Å². The zero-order valence-electron chi connectivity index (χ0n) is 11.2. The Bertz CT molecular complexity index is 656. The van der Waals surface area contributed by atoms with E-state index < -0.39 is 5.97 Å². The van der Waals surface area contributed by atoms with Crippen molar-refractivity contribution in [2.45, 2.75) is 45.4 Å². The van der Waals surface area contributed by atoms with E-state index in [0.29, 0.717) is 12.3 Å². The molecule has 0 unspecified atom stereocenters. The van der Waals surface area contributed by atoms with Crippen LogP contribution >= 0.6 is 0 Å². The molecule has 19 heavy (non-hydrogen) atoms. The molecule has 0 radical (unpaired) electrons. The van der Waals surface area contributed by atoms with E-state index in [-0.39, 0.29) is 6.42 Å². The Morgan fingerprint density at radius 2 is 2.21 bits per heavy atom. The quantitative estimate of drug-likeness (QED) is 0.914. The standard InChI is InChI=1S/C14H17N3O2/c1-8-11(5-6-14(18)19)9(2)17-13(15-8)7-12(16-17)10-3-4-10/h7,10H,3-6H2,1-2H3,(H,18,19). The van der Waals surface area contributed by atoms with Crippen molar-refractivity contribution in [1.82, 2.24) is 14.6 Å². The van der Waals surface area contributed by atoms with E-state index in [1.54, 1.807) is 0 Å². The summed E-state index contributed by atoms with van der Waals surface area (Å²) in [6.45, 7) is 3.93. The first-order chi connectivity index (χ1) is 9.06. The lowest BCUT2D eigenvalue weighted by molar-refractivity contribution is -0.136. The summed E-state index contributed by atoms with van der Waals surface area (Å²) in [6, 6.07) is 2.05. The minimum Gasteiger partial charge on any atom is -0.481 e. The van der Waals surface area contributed by atoms with Crippen LogP contribution in [0.5, 0.6) is 0 Å². The van der Waals surface area contributed by atoms with Crippen LogP contribution in [0.2, 0.25) is 0 Å². The van der Waals surface area contributed by atoms with E-state index in [0.717, 1.165) is 28.3 Å². The Kier molecular flexibility index (Phi) is 2.77. The fraction of sp³-hybridized carbons (Fsp3) is 0.500. The van der Waals surface area contributed by atoms with Gasteiger partial charge >= 0.3 is 5.97 Å². The van der Waals surface area contributed by atoms with Crippen LogP contribution in [0.15, 0.2) is 6.07 Å². The summed E-state index contributed by atoms with van der Waals surface area (Å²) >= 11 is 0. The maximum absolute atomic E-state index is 10.7. The van der Waals surface area contributed by atoms with Crippen molar-refractivity contribution in [1.29, 1.82) is 0 Å². The first-order valence-electron chi connectivity index (χ1n) is 6.64. The second-order valence-corrected chi connectivity index (χ2v) is 5.27. The molecule has 1 aliphatic carbocycles. The fourth-order valence-corrected chi connectivity index (χ4v) is 2.52. The van der Waals surface area contributed by atoms with Gasteiger partial charge in [0.1, 0.15) is 0 Å². The van der Waals surface area contributed by atoms with E-state index in [1.807, 2.05) is 18.4 Å². The van der Waals surface area contributed by atoms with Crippen molar-refractivity contribution in [3.05, 3.63) is 28.7 Å². The Morgan fingerprint density at radius 1 is 1.47 bits per heavy atom. The molecule has 2 heterocycles. The van der Waals surface area contributed by atoms with Crippen LogP contribution in [0.3, 0.4) is 0 Å². The molecule has 2 aromatic rings. The average molecular weight is 259 g/mol. The summed E-state index contributed by atoms with van der Waals surface area (Å²) in [6.07, 6.45) is 3.07. The van der Waals surface area contributed by atoms with Crippen LogP contribution < -0.4 is 0 Å².